The van der Waals surface area contributed by atoms with Crippen molar-refractivity contribution in [2.45, 2.75) is 39.7 Å². The molecule has 114 valence electrons. The van der Waals surface area contributed by atoms with Crippen molar-refractivity contribution >= 4 is 44.6 Å². The summed E-state index contributed by atoms with van der Waals surface area (Å²) in [7, 11) is 0. The van der Waals surface area contributed by atoms with Crippen LogP contribution >= 0.6 is 22.9 Å². The standard InChI is InChI=1S/C16H21ClN2OS/c1-4-10(5-2)9(3)19-16(20)15-14(18)12-7-6-11(17)8-13(12)21-15/h6-10H,4-5,18H2,1-3H3,(H,19,20). The Labute approximate surface area is 134 Å². The average Bonchev–Trinajstić information content (AvgIpc) is 2.76. The SMILES string of the molecule is CCC(CC)C(C)NC(=O)c1sc2cc(Cl)ccc2c1N. The number of rotatable bonds is 5. The van der Waals surface area contributed by atoms with Crippen molar-refractivity contribution in [3.63, 3.8) is 0 Å². The first kappa shape index (κ1) is 16.1. The zero-order valence-corrected chi connectivity index (χ0v) is 14.1. The van der Waals surface area contributed by atoms with E-state index in [-0.39, 0.29) is 11.9 Å². The van der Waals surface area contributed by atoms with E-state index in [0.29, 0.717) is 21.5 Å². The van der Waals surface area contributed by atoms with E-state index in [1.165, 1.54) is 11.3 Å². The average molecular weight is 325 g/mol. The minimum atomic E-state index is -0.0933. The number of anilines is 1. The molecule has 0 aliphatic rings. The van der Waals surface area contributed by atoms with Crippen molar-refractivity contribution in [1.82, 2.24) is 5.32 Å². The highest BCUT2D eigenvalue weighted by atomic mass is 35.5. The quantitative estimate of drug-likeness (QED) is 0.838. The van der Waals surface area contributed by atoms with E-state index in [4.69, 9.17) is 17.3 Å². The second kappa shape index (κ2) is 6.67. The van der Waals surface area contributed by atoms with Gasteiger partial charge in [-0.1, -0.05) is 38.3 Å². The smallest absolute Gasteiger partial charge is 0.263 e. The predicted octanol–water partition coefficient (Wildman–Crippen LogP) is 4.69. The molecule has 1 aromatic carbocycles. The topological polar surface area (TPSA) is 55.1 Å². The van der Waals surface area contributed by atoms with Crippen LogP contribution in [0, 0.1) is 5.92 Å². The molecule has 21 heavy (non-hydrogen) atoms. The lowest BCUT2D eigenvalue weighted by Crippen LogP contribution is -2.37. The lowest BCUT2D eigenvalue weighted by Gasteiger charge is -2.22. The third-order valence-corrected chi connectivity index (χ3v) is 5.41. The molecule has 1 heterocycles. The molecule has 0 aliphatic carbocycles. The van der Waals surface area contributed by atoms with E-state index >= 15 is 0 Å². The van der Waals surface area contributed by atoms with Crippen LogP contribution < -0.4 is 11.1 Å². The molecule has 2 rings (SSSR count). The zero-order valence-electron chi connectivity index (χ0n) is 12.6. The van der Waals surface area contributed by atoms with Gasteiger partial charge in [-0.15, -0.1) is 11.3 Å². The highest BCUT2D eigenvalue weighted by molar-refractivity contribution is 7.21. The summed E-state index contributed by atoms with van der Waals surface area (Å²) in [5.41, 5.74) is 6.66. The Morgan fingerprint density at radius 2 is 2.05 bits per heavy atom. The molecule has 0 saturated heterocycles. The van der Waals surface area contributed by atoms with Crippen LogP contribution in [0.25, 0.3) is 10.1 Å². The van der Waals surface area contributed by atoms with Gasteiger partial charge in [-0.3, -0.25) is 4.79 Å². The minimum absolute atomic E-state index is 0.0933. The maximum atomic E-state index is 12.5. The first-order valence-corrected chi connectivity index (χ1v) is 8.45. The van der Waals surface area contributed by atoms with Crippen LogP contribution in [0.2, 0.25) is 5.02 Å². The van der Waals surface area contributed by atoms with E-state index in [1.54, 1.807) is 6.07 Å². The number of nitrogen functional groups attached to an aromatic ring is 1. The maximum Gasteiger partial charge on any atom is 0.263 e. The molecular weight excluding hydrogens is 304 g/mol. The Morgan fingerprint density at radius 1 is 1.38 bits per heavy atom. The predicted molar refractivity (Wildman–Crippen MR) is 92.2 cm³/mol. The molecule has 3 nitrogen and oxygen atoms in total. The Balaban J connectivity index is 2.25. The zero-order chi connectivity index (χ0) is 15.6. The van der Waals surface area contributed by atoms with Crippen molar-refractivity contribution < 1.29 is 4.79 Å². The van der Waals surface area contributed by atoms with Gasteiger partial charge in [-0.2, -0.15) is 0 Å². The lowest BCUT2D eigenvalue weighted by atomic mass is 9.95. The monoisotopic (exact) mass is 324 g/mol. The molecule has 0 aliphatic heterocycles. The summed E-state index contributed by atoms with van der Waals surface area (Å²) >= 11 is 7.38. The molecule has 0 spiro atoms. The molecule has 5 heteroatoms. The van der Waals surface area contributed by atoms with Gasteiger partial charge in [0, 0.05) is 21.2 Å². The summed E-state index contributed by atoms with van der Waals surface area (Å²) in [6.45, 7) is 6.34. The van der Waals surface area contributed by atoms with Crippen LogP contribution in [-0.2, 0) is 0 Å². The summed E-state index contributed by atoms with van der Waals surface area (Å²) in [6, 6.07) is 5.64. The van der Waals surface area contributed by atoms with Gasteiger partial charge in [0.1, 0.15) is 4.88 Å². The number of hydrogen-bond donors (Lipinski definition) is 2. The second-order valence-corrected chi connectivity index (χ2v) is 6.81. The number of fused-ring (bicyclic) bond motifs is 1. The summed E-state index contributed by atoms with van der Waals surface area (Å²) in [5.74, 6) is 0.392. The summed E-state index contributed by atoms with van der Waals surface area (Å²) in [4.78, 5) is 13.0. The number of carbonyl (C=O) groups is 1. The highest BCUT2D eigenvalue weighted by Gasteiger charge is 2.21. The Bertz CT molecular complexity index is 649. The molecule has 1 unspecified atom stereocenters. The number of carbonyl (C=O) groups excluding carboxylic acids is 1. The normalized spacial score (nSPS) is 12.8. The van der Waals surface area contributed by atoms with Gasteiger partial charge >= 0.3 is 0 Å². The van der Waals surface area contributed by atoms with Crippen LogP contribution in [0.5, 0.6) is 0 Å². The number of hydrogen-bond acceptors (Lipinski definition) is 3. The Morgan fingerprint density at radius 3 is 2.67 bits per heavy atom. The van der Waals surface area contributed by atoms with Crippen LogP contribution in [0.4, 0.5) is 5.69 Å². The lowest BCUT2D eigenvalue weighted by molar-refractivity contribution is 0.0930. The number of thiophene rings is 1. The van der Waals surface area contributed by atoms with Crippen LogP contribution in [0.3, 0.4) is 0 Å². The summed E-state index contributed by atoms with van der Waals surface area (Å²) < 4.78 is 0.945. The summed E-state index contributed by atoms with van der Waals surface area (Å²) in [5, 5.41) is 4.62. The molecule has 1 atom stereocenters. The molecule has 0 fully saturated rings. The minimum Gasteiger partial charge on any atom is -0.397 e. The summed E-state index contributed by atoms with van der Waals surface area (Å²) in [6.07, 6.45) is 2.10. The Hall–Kier alpha value is -1.26. The fourth-order valence-corrected chi connectivity index (χ4v) is 3.95. The third kappa shape index (κ3) is 3.33. The fraction of sp³-hybridized carbons (Fsp3) is 0.438. The molecule has 1 amide bonds. The maximum absolute atomic E-state index is 12.5. The van der Waals surface area contributed by atoms with Crippen molar-refractivity contribution in [2.24, 2.45) is 5.92 Å². The molecule has 0 bridgehead atoms. The van der Waals surface area contributed by atoms with Crippen LogP contribution in [0.15, 0.2) is 18.2 Å². The Kier molecular flexibility index (Phi) is 5.12. The van der Waals surface area contributed by atoms with Gasteiger partial charge in [-0.05, 0) is 31.0 Å². The second-order valence-electron chi connectivity index (χ2n) is 5.32. The van der Waals surface area contributed by atoms with E-state index in [9.17, 15) is 4.79 Å². The van der Waals surface area contributed by atoms with Gasteiger partial charge in [-0.25, -0.2) is 0 Å². The van der Waals surface area contributed by atoms with Crippen molar-refractivity contribution in [3.05, 3.63) is 28.1 Å². The third-order valence-electron chi connectivity index (χ3n) is 4.01. The first-order chi connectivity index (χ1) is 9.97. The van der Waals surface area contributed by atoms with E-state index in [2.05, 4.69) is 26.1 Å². The van der Waals surface area contributed by atoms with Crippen molar-refractivity contribution in [3.8, 4) is 0 Å². The molecule has 0 radical (unpaired) electrons. The molecular formula is C16H21ClN2OS. The number of amides is 1. The van der Waals surface area contributed by atoms with Crippen LogP contribution in [0.1, 0.15) is 43.3 Å². The van der Waals surface area contributed by atoms with Crippen molar-refractivity contribution in [2.75, 3.05) is 5.73 Å². The molecule has 1 aromatic heterocycles. The van der Waals surface area contributed by atoms with E-state index in [0.717, 1.165) is 22.9 Å². The van der Waals surface area contributed by atoms with Crippen LogP contribution in [-0.4, -0.2) is 11.9 Å². The van der Waals surface area contributed by atoms with Gasteiger partial charge in [0.15, 0.2) is 0 Å². The number of nitrogens with two attached hydrogens (primary N) is 1. The fourth-order valence-electron chi connectivity index (χ4n) is 2.64. The molecule has 0 saturated carbocycles. The number of halogens is 1. The van der Waals surface area contributed by atoms with E-state index in [1.807, 2.05) is 12.1 Å². The number of benzene rings is 1. The van der Waals surface area contributed by atoms with Gasteiger partial charge in [0.2, 0.25) is 0 Å². The molecule has 2 aromatic rings. The van der Waals surface area contributed by atoms with E-state index < -0.39 is 0 Å². The van der Waals surface area contributed by atoms with Gasteiger partial charge in [0.25, 0.3) is 5.91 Å². The van der Waals surface area contributed by atoms with Crippen molar-refractivity contribution in [1.29, 1.82) is 0 Å². The van der Waals surface area contributed by atoms with Gasteiger partial charge < -0.3 is 11.1 Å². The molecule has 3 N–H and O–H groups in total. The highest BCUT2D eigenvalue weighted by Crippen LogP contribution is 2.35. The number of nitrogens with one attached hydrogen (secondary N) is 1. The largest absolute Gasteiger partial charge is 0.397 e. The first-order valence-electron chi connectivity index (χ1n) is 7.26. The van der Waals surface area contributed by atoms with Gasteiger partial charge in [0.05, 0.1) is 5.69 Å².